The van der Waals surface area contributed by atoms with Gasteiger partial charge in [-0.3, -0.25) is 9.98 Å². The summed E-state index contributed by atoms with van der Waals surface area (Å²) in [7, 11) is 1.53. The van der Waals surface area contributed by atoms with Crippen molar-refractivity contribution in [2.45, 2.75) is 31.5 Å². The van der Waals surface area contributed by atoms with Crippen molar-refractivity contribution < 1.29 is 9.84 Å². The topological polar surface area (TPSA) is 58.0 Å². The van der Waals surface area contributed by atoms with Crippen LogP contribution in [0.3, 0.4) is 0 Å². The van der Waals surface area contributed by atoms with Gasteiger partial charge < -0.3 is 14.7 Å². The third-order valence-corrected chi connectivity index (χ3v) is 6.36. The standard InChI is InChI=1S/C19H20ClN3O2S/c1-3-12-10-26-19-22-16(14-6-4-5-7-21-14)17(23(12)19)11-8-13(20)18(24)15(9-11)25-2/h4-9,12,16-17,24H,3,10H2,1-2H3/t12-,16-,17+/m1/s1. The van der Waals surface area contributed by atoms with E-state index in [9.17, 15) is 5.11 Å². The first-order chi connectivity index (χ1) is 12.6. The molecule has 0 radical (unpaired) electrons. The number of aromatic nitrogens is 1. The highest BCUT2D eigenvalue weighted by atomic mass is 35.5. The number of phenolic OH excluding ortho intramolecular Hbond substituents is 1. The fourth-order valence-corrected chi connectivity index (χ4v) is 5.19. The minimum atomic E-state index is -0.113. The molecule has 2 aliphatic rings. The van der Waals surface area contributed by atoms with E-state index in [2.05, 4.69) is 16.8 Å². The molecule has 1 N–H and O–H groups in total. The molecule has 5 nitrogen and oxygen atoms in total. The van der Waals surface area contributed by atoms with Gasteiger partial charge in [-0.15, -0.1) is 0 Å². The quantitative estimate of drug-likeness (QED) is 0.838. The van der Waals surface area contributed by atoms with Crippen molar-refractivity contribution in [2.75, 3.05) is 12.9 Å². The van der Waals surface area contributed by atoms with E-state index in [0.29, 0.717) is 11.8 Å². The van der Waals surface area contributed by atoms with Crippen molar-refractivity contribution in [2.24, 2.45) is 4.99 Å². The van der Waals surface area contributed by atoms with Gasteiger partial charge in [0.2, 0.25) is 0 Å². The number of thioether (sulfide) groups is 1. The highest BCUT2D eigenvalue weighted by Gasteiger charge is 2.45. The minimum Gasteiger partial charge on any atom is -0.503 e. The van der Waals surface area contributed by atoms with Crippen LogP contribution in [0, 0.1) is 0 Å². The molecule has 136 valence electrons. The molecular formula is C19H20ClN3O2S. The molecule has 7 heteroatoms. The maximum atomic E-state index is 10.1. The second-order valence-corrected chi connectivity index (χ2v) is 7.78. The number of phenols is 1. The van der Waals surface area contributed by atoms with E-state index >= 15 is 0 Å². The Labute approximate surface area is 162 Å². The van der Waals surface area contributed by atoms with Gasteiger partial charge in [-0.1, -0.05) is 36.4 Å². The van der Waals surface area contributed by atoms with Crippen molar-refractivity contribution in [3.05, 3.63) is 52.8 Å². The lowest BCUT2D eigenvalue weighted by atomic mass is 9.95. The SMILES string of the molecule is CC[C@@H]1CSC2=N[C@H](c3ccccn3)[C@H](c3cc(Cl)c(O)c(OC)c3)N21. The van der Waals surface area contributed by atoms with Gasteiger partial charge >= 0.3 is 0 Å². The van der Waals surface area contributed by atoms with Crippen molar-refractivity contribution >= 4 is 28.5 Å². The molecule has 0 unspecified atom stereocenters. The molecule has 26 heavy (non-hydrogen) atoms. The normalized spacial score (nSPS) is 24.5. The van der Waals surface area contributed by atoms with E-state index in [-0.39, 0.29) is 22.9 Å². The zero-order valence-electron chi connectivity index (χ0n) is 14.6. The van der Waals surface area contributed by atoms with Crippen LogP contribution < -0.4 is 4.74 Å². The number of hydrogen-bond donors (Lipinski definition) is 1. The van der Waals surface area contributed by atoms with Gasteiger partial charge in [0.05, 0.1) is 23.9 Å². The van der Waals surface area contributed by atoms with E-state index in [1.54, 1.807) is 18.0 Å². The van der Waals surface area contributed by atoms with Gasteiger partial charge in [-0.2, -0.15) is 0 Å². The Morgan fingerprint density at radius 3 is 2.92 bits per heavy atom. The third kappa shape index (κ3) is 2.81. The van der Waals surface area contributed by atoms with Crippen LogP contribution in [-0.4, -0.2) is 39.1 Å². The Balaban J connectivity index is 1.83. The number of aliphatic imine (C=N–C) groups is 1. The minimum absolute atomic E-state index is 0.0214. The fraction of sp³-hybridized carbons (Fsp3) is 0.368. The van der Waals surface area contributed by atoms with Crippen LogP contribution in [0.4, 0.5) is 0 Å². The molecule has 0 saturated carbocycles. The Morgan fingerprint density at radius 2 is 2.23 bits per heavy atom. The predicted molar refractivity (Wildman–Crippen MR) is 105 cm³/mol. The van der Waals surface area contributed by atoms with Gasteiger partial charge in [0.25, 0.3) is 0 Å². The Morgan fingerprint density at radius 1 is 1.38 bits per heavy atom. The maximum Gasteiger partial charge on any atom is 0.176 e. The molecule has 0 amide bonds. The average Bonchev–Trinajstić information content (AvgIpc) is 3.23. The van der Waals surface area contributed by atoms with Crippen LogP contribution in [0.15, 0.2) is 41.5 Å². The molecule has 1 saturated heterocycles. The lowest BCUT2D eigenvalue weighted by Gasteiger charge is -2.32. The molecule has 2 aromatic rings. The molecule has 1 aromatic carbocycles. The van der Waals surface area contributed by atoms with Gasteiger partial charge in [0, 0.05) is 18.0 Å². The van der Waals surface area contributed by atoms with Crippen LogP contribution in [-0.2, 0) is 0 Å². The summed E-state index contributed by atoms with van der Waals surface area (Å²) < 4.78 is 5.32. The number of amidine groups is 1. The first-order valence-corrected chi connectivity index (χ1v) is 9.96. The average molecular weight is 390 g/mol. The second-order valence-electron chi connectivity index (χ2n) is 6.39. The highest BCUT2D eigenvalue weighted by Crippen LogP contribution is 2.50. The lowest BCUT2D eigenvalue weighted by molar-refractivity contribution is 0.254. The number of pyridine rings is 1. The number of rotatable bonds is 4. The molecule has 0 spiro atoms. The van der Waals surface area contributed by atoms with Crippen LogP contribution in [0.2, 0.25) is 5.02 Å². The Kier molecular flexibility index (Phi) is 4.71. The molecule has 0 aliphatic carbocycles. The number of halogens is 1. The van der Waals surface area contributed by atoms with Crippen molar-refractivity contribution in [1.82, 2.24) is 9.88 Å². The van der Waals surface area contributed by atoms with Gasteiger partial charge in [0.1, 0.15) is 6.04 Å². The molecule has 3 heterocycles. The number of ether oxygens (including phenoxy) is 1. The second kappa shape index (κ2) is 7.00. The van der Waals surface area contributed by atoms with Crippen molar-refractivity contribution in [3.63, 3.8) is 0 Å². The summed E-state index contributed by atoms with van der Waals surface area (Å²) in [6.07, 6.45) is 2.84. The first kappa shape index (κ1) is 17.5. The monoisotopic (exact) mass is 389 g/mol. The zero-order valence-corrected chi connectivity index (χ0v) is 16.2. The molecule has 2 aliphatic heterocycles. The summed E-state index contributed by atoms with van der Waals surface area (Å²) >= 11 is 8.07. The first-order valence-electron chi connectivity index (χ1n) is 8.60. The van der Waals surface area contributed by atoms with Gasteiger partial charge in [0.15, 0.2) is 16.7 Å². The smallest absolute Gasteiger partial charge is 0.176 e. The van der Waals surface area contributed by atoms with E-state index in [4.69, 9.17) is 21.3 Å². The number of nitrogens with zero attached hydrogens (tertiary/aromatic N) is 3. The molecule has 3 atom stereocenters. The summed E-state index contributed by atoms with van der Waals surface area (Å²) in [6.45, 7) is 2.20. The zero-order chi connectivity index (χ0) is 18.3. The predicted octanol–water partition coefficient (Wildman–Crippen LogP) is 4.43. The largest absolute Gasteiger partial charge is 0.503 e. The number of aromatic hydroxyl groups is 1. The summed E-state index contributed by atoms with van der Waals surface area (Å²) in [5, 5.41) is 11.5. The van der Waals surface area contributed by atoms with E-state index in [0.717, 1.165) is 28.6 Å². The Hall–Kier alpha value is -1.92. The lowest BCUT2D eigenvalue weighted by Crippen LogP contribution is -2.35. The summed E-state index contributed by atoms with van der Waals surface area (Å²) in [4.78, 5) is 11.9. The van der Waals surface area contributed by atoms with Gasteiger partial charge in [-0.25, -0.2) is 0 Å². The third-order valence-electron chi connectivity index (χ3n) is 4.94. The molecule has 1 fully saturated rings. The highest BCUT2D eigenvalue weighted by molar-refractivity contribution is 8.14. The maximum absolute atomic E-state index is 10.1. The van der Waals surface area contributed by atoms with Crippen molar-refractivity contribution in [3.8, 4) is 11.5 Å². The summed E-state index contributed by atoms with van der Waals surface area (Å²) in [6, 6.07) is 9.85. The number of fused-ring (bicyclic) bond motifs is 1. The van der Waals surface area contributed by atoms with Crippen LogP contribution in [0.5, 0.6) is 11.5 Å². The molecule has 4 rings (SSSR count). The van der Waals surface area contributed by atoms with Crippen molar-refractivity contribution in [1.29, 1.82) is 0 Å². The fourth-order valence-electron chi connectivity index (χ4n) is 3.63. The number of hydrogen-bond acceptors (Lipinski definition) is 6. The molecular weight excluding hydrogens is 370 g/mol. The molecule has 1 aromatic heterocycles. The van der Waals surface area contributed by atoms with E-state index in [1.807, 2.05) is 30.3 Å². The summed E-state index contributed by atoms with van der Waals surface area (Å²) in [5.41, 5.74) is 1.90. The van der Waals surface area contributed by atoms with Crippen LogP contribution >= 0.6 is 23.4 Å². The van der Waals surface area contributed by atoms with Crippen LogP contribution in [0.25, 0.3) is 0 Å². The van der Waals surface area contributed by atoms with E-state index < -0.39 is 0 Å². The van der Waals surface area contributed by atoms with E-state index in [1.165, 1.54) is 7.11 Å². The summed E-state index contributed by atoms with van der Waals surface area (Å²) in [5.74, 6) is 1.37. The van der Waals surface area contributed by atoms with Gasteiger partial charge in [-0.05, 0) is 36.2 Å². The van der Waals surface area contributed by atoms with Crippen LogP contribution in [0.1, 0.15) is 36.7 Å². The molecule has 0 bridgehead atoms. The number of methoxy groups -OCH3 is 1. The Bertz CT molecular complexity index is 846. The number of benzene rings is 1.